The smallest absolute Gasteiger partial charge is 0.0175 e. The van der Waals surface area contributed by atoms with Crippen LogP contribution in [0.4, 0.5) is 0 Å². The first-order valence-corrected chi connectivity index (χ1v) is 9.31. The van der Waals surface area contributed by atoms with E-state index in [1.54, 1.807) is 0 Å². The third-order valence-corrected chi connectivity index (χ3v) is 5.13. The Bertz CT molecular complexity index is 362. The van der Waals surface area contributed by atoms with E-state index in [1.165, 1.54) is 47.2 Å². The summed E-state index contributed by atoms with van der Waals surface area (Å²) in [5.41, 5.74) is 1.48. The summed E-state index contributed by atoms with van der Waals surface area (Å²) in [6.07, 6.45) is 5.37. The first-order chi connectivity index (χ1) is 9.29. The molecular weight excluding hydrogens is 318 g/mol. The van der Waals surface area contributed by atoms with E-state index in [2.05, 4.69) is 64.2 Å². The second kappa shape index (κ2) is 8.33. The van der Waals surface area contributed by atoms with Crippen molar-refractivity contribution in [3.63, 3.8) is 0 Å². The zero-order chi connectivity index (χ0) is 13.5. The number of hydrogen-bond donors (Lipinski definition) is 1. The summed E-state index contributed by atoms with van der Waals surface area (Å²) < 4.78 is 1.17. The molecule has 2 rings (SSSR count). The van der Waals surface area contributed by atoms with Crippen LogP contribution in [0.25, 0.3) is 0 Å². The molecule has 1 N–H and O–H groups in total. The lowest BCUT2D eigenvalue weighted by Gasteiger charge is -2.18. The Morgan fingerprint density at radius 2 is 2.05 bits per heavy atom. The molecule has 0 aromatic heterocycles. The molecule has 3 heteroatoms. The molecule has 1 atom stereocenters. The fourth-order valence-corrected chi connectivity index (χ4v) is 3.22. The van der Waals surface area contributed by atoms with Crippen LogP contribution < -0.4 is 5.32 Å². The SMILES string of the molecule is CCSCCCC(CNC1CC1)c1ccc(Br)cc1. The molecule has 0 amide bonds. The molecule has 0 spiro atoms. The molecule has 106 valence electrons. The summed E-state index contributed by atoms with van der Waals surface area (Å²) >= 11 is 5.58. The Balaban J connectivity index is 1.85. The van der Waals surface area contributed by atoms with Crippen LogP contribution in [0.5, 0.6) is 0 Å². The van der Waals surface area contributed by atoms with Crippen molar-refractivity contribution >= 4 is 27.7 Å². The van der Waals surface area contributed by atoms with E-state index in [1.807, 2.05) is 0 Å². The van der Waals surface area contributed by atoms with Gasteiger partial charge in [-0.2, -0.15) is 11.8 Å². The molecule has 1 nitrogen and oxygen atoms in total. The van der Waals surface area contributed by atoms with E-state index in [0.29, 0.717) is 5.92 Å². The van der Waals surface area contributed by atoms with Gasteiger partial charge in [0.2, 0.25) is 0 Å². The monoisotopic (exact) mass is 341 g/mol. The van der Waals surface area contributed by atoms with Gasteiger partial charge in [-0.05, 0) is 60.8 Å². The van der Waals surface area contributed by atoms with Crippen LogP contribution in [0.2, 0.25) is 0 Å². The molecule has 19 heavy (non-hydrogen) atoms. The number of rotatable bonds is 9. The summed E-state index contributed by atoms with van der Waals surface area (Å²) in [5.74, 6) is 3.21. The van der Waals surface area contributed by atoms with Crippen molar-refractivity contribution < 1.29 is 0 Å². The van der Waals surface area contributed by atoms with Crippen molar-refractivity contribution in [1.82, 2.24) is 5.32 Å². The van der Waals surface area contributed by atoms with Crippen molar-refractivity contribution in [3.8, 4) is 0 Å². The fraction of sp³-hybridized carbons (Fsp3) is 0.625. The predicted molar refractivity (Wildman–Crippen MR) is 90.1 cm³/mol. The van der Waals surface area contributed by atoms with Gasteiger partial charge in [0.15, 0.2) is 0 Å². The van der Waals surface area contributed by atoms with Crippen LogP contribution in [0.1, 0.15) is 44.1 Å². The first kappa shape index (κ1) is 15.4. The van der Waals surface area contributed by atoms with E-state index in [-0.39, 0.29) is 0 Å². The Morgan fingerprint density at radius 1 is 1.32 bits per heavy atom. The molecule has 1 fully saturated rings. The standard InChI is InChI=1S/C16H24BrNS/c1-2-19-11-3-4-14(12-18-16-9-10-16)13-5-7-15(17)8-6-13/h5-8,14,16,18H,2-4,9-12H2,1H3. The molecule has 0 aliphatic heterocycles. The van der Waals surface area contributed by atoms with Gasteiger partial charge in [-0.3, -0.25) is 0 Å². The summed E-state index contributed by atoms with van der Waals surface area (Å²) in [4.78, 5) is 0. The average molecular weight is 342 g/mol. The minimum Gasteiger partial charge on any atom is -0.313 e. The van der Waals surface area contributed by atoms with E-state index >= 15 is 0 Å². The van der Waals surface area contributed by atoms with E-state index in [4.69, 9.17) is 0 Å². The quantitative estimate of drug-likeness (QED) is 0.646. The van der Waals surface area contributed by atoms with Gasteiger partial charge in [-0.15, -0.1) is 0 Å². The van der Waals surface area contributed by atoms with E-state index in [0.717, 1.165) is 12.6 Å². The van der Waals surface area contributed by atoms with E-state index < -0.39 is 0 Å². The molecule has 0 heterocycles. The number of halogens is 1. The molecule has 1 unspecified atom stereocenters. The highest BCUT2D eigenvalue weighted by molar-refractivity contribution is 9.10. The third-order valence-electron chi connectivity index (χ3n) is 3.62. The maximum Gasteiger partial charge on any atom is 0.0175 e. The van der Waals surface area contributed by atoms with Crippen molar-refractivity contribution in [2.75, 3.05) is 18.1 Å². The van der Waals surface area contributed by atoms with Crippen molar-refractivity contribution in [1.29, 1.82) is 0 Å². The molecule has 1 aliphatic rings. The lowest BCUT2D eigenvalue weighted by Crippen LogP contribution is -2.23. The molecule has 0 bridgehead atoms. The number of benzene rings is 1. The average Bonchev–Trinajstić information content (AvgIpc) is 3.23. The molecule has 1 saturated carbocycles. The first-order valence-electron chi connectivity index (χ1n) is 7.36. The lowest BCUT2D eigenvalue weighted by molar-refractivity contribution is 0.544. The largest absolute Gasteiger partial charge is 0.313 e. The Hall–Kier alpha value is 0.01000. The third kappa shape index (κ3) is 5.88. The molecule has 1 aromatic carbocycles. The topological polar surface area (TPSA) is 12.0 Å². The molecule has 0 radical (unpaired) electrons. The van der Waals surface area contributed by atoms with Crippen LogP contribution in [0, 0.1) is 0 Å². The van der Waals surface area contributed by atoms with Crippen LogP contribution in [0.15, 0.2) is 28.7 Å². The summed E-state index contributed by atoms with van der Waals surface area (Å²) in [6, 6.07) is 9.69. The second-order valence-corrected chi connectivity index (χ2v) is 7.58. The maximum atomic E-state index is 3.69. The van der Waals surface area contributed by atoms with Crippen molar-refractivity contribution in [3.05, 3.63) is 34.3 Å². The van der Waals surface area contributed by atoms with Crippen LogP contribution >= 0.6 is 27.7 Å². The van der Waals surface area contributed by atoms with Gasteiger partial charge in [0, 0.05) is 17.1 Å². The van der Waals surface area contributed by atoms with Gasteiger partial charge >= 0.3 is 0 Å². The normalized spacial score (nSPS) is 16.5. The zero-order valence-electron chi connectivity index (χ0n) is 11.7. The second-order valence-electron chi connectivity index (χ2n) is 5.27. The molecule has 0 saturated heterocycles. The molecule has 1 aromatic rings. The Kier molecular flexibility index (Phi) is 6.75. The highest BCUT2D eigenvalue weighted by atomic mass is 79.9. The minimum atomic E-state index is 0.672. The van der Waals surface area contributed by atoms with E-state index in [9.17, 15) is 0 Å². The van der Waals surface area contributed by atoms with Crippen LogP contribution in [0.3, 0.4) is 0 Å². The molecular formula is C16H24BrNS. The number of thioether (sulfide) groups is 1. The van der Waals surface area contributed by atoms with Gasteiger partial charge < -0.3 is 5.32 Å². The van der Waals surface area contributed by atoms with Gasteiger partial charge in [-0.1, -0.05) is 35.0 Å². The predicted octanol–water partition coefficient (Wildman–Crippen LogP) is 4.82. The Labute approximate surface area is 130 Å². The maximum absolute atomic E-state index is 3.69. The highest BCUT2D eigenvalue weighted by Crippen LogP contribution is 2.26. The van der Waals surface area contributed by atoms with Gasteiger partial charge in [-0.25, -0.2) is 0 Å². The molecule has 1 aliphatic carbocycles. The van der Waals surface area contributed by atoms with Gasteiger partial charge in [0.1, 0.15) is 0 Å². The summed E-state index contributed by atoms with van der Waals surface area (Å²) in [6.45, 7) is 3.38. The van der Waals surface area contributed by atoms with Crippen LogP contribution in [-0.4, -0.2) is 24.1 Å². The number of nitrogens with one attached hydrogen (secondary N) is 1. The Morgan fingerprint density at radius 3 is 2.68 bits per heavy atom. The minimum absolute atomic E-state index is 0.672. The van der Waals surface area contributed by atoms with Crippen molar-refractivity contribution in [2.24, 2.45) is 0 Å². The lowest BCUT2D eigenvalue weighted by atomic mass is 9.94. The zero-order valence-corrected chi connectivity index (χ0v) is 14.1. The summed E-state index contributed by atoms with van der Waals surface area (Å²) in [7, 11) is 0. The highest BCUT2D eigenvalue weighted by Gasteiger charge is 2.22. The van der Waals surface area contributed by atoms with Gasteiger partial charge in [0.05, 0.1) is 0 Å². The number of hydrogen-bond acceptors (Lipinski definition) is 2. The van der Waals surface area contributed by atoms with Crippen LogP contribution in [-0.2, 0) is 0 Å². The van der Waals surface area contributed by atoms with Crippen molar-refractivity contribution in [2.45, 2.75) is 44.6 Å². The van der Waals surface area contributed by atoms with Gasteiger partial charge in [0.25, 0.3) is 0 Å². The summed E-state index contributed by atoms with van der Waals surface area (Å²) in [5, 5.41) is 3.69. The fourth-order valence-electron chi connectivity index (χ4n) is 2.29.